The summed E-state index contributed by atoms with van der Waals surface area (Å²) in [5.74, 6) is 0. The van der Waals surface area contributed by atoms with Crippen LogP contribution >= 0.6 is 0 Å². The standard InChI is InChI=1S/C53H41NO/c1-4-36(2)51(54-49(29-26-37-16-7-5-8-17-37)53(3)32-30-39(31-33-53)38-18-9-6-10-19-38)42-28-27-41-34-47(44-24-15-21-40-20-11-12-22-43(40)44)50-45-23-13-14-25-48(45)55-52(50)46(41)35-42/h5-25,27-32,34-35H,1,26,33H2,2-3H3/b49-29-,54-51+. The third-order valence-electron chi connectivity index (χ3n) is 11.1. The molecule has 1 heterocycles. The van der Waals surface area contributed by atoms with Gasteiger partial charge in [0, 0.05) is 38.4 Å². The van der Waals surface area contributed by atoms with Gasteiger partial charge >= 0.3 is 0 Å². The Labute approximate surface area is 322 Å². The first-order valence-corrected chi connectivity index (χ1v) is 19.0. The van der Waals surface area contributed by atoms with E-state index in [1.165, 1.54) is 38.6 Å². The van der Waals surface area contributed by atoms with Gasteiger partial charge in [-0.25, -0.2) is 0 Å². The third-order valence-corrected chi connectivity index (χ3v) is 11.1. The first-order chi connectivity index (χ1) is 27.0. The van der Waals surface area contributed by atoms with E-state index in [1.54, 1.807) is 0 Å². The lowest BCUT2D eigenvalue weighted by Gasteiger charge is -2.30. The van der Waals surface area contributed by atoms with E-state index in [4.69, 9.17) is 9.41 Å². The zero-order valence-corrected chi connectivity index (χ0v) is 31.2. The second-order valence-electron chi connectivity index (χ2n) is 14.7. The zero-order chi connectivity index (χ0) is 37.4. The van der Waals surface area contributed by atoms with Crippen LogP contribution in [0.5, 0.6) is 0 Å². The number of para-hydroxylation sites is 1. The molecule has 0 fully saturated rings. The summed E-state index contributed by atoms with van der Waals surface area (Å²) < 4.78 is 6.79. The number of aliphatic imine (C=N–C) groups is 1. The molecule has 0 N–H and O–H groups in total. The van der Waals surface area contributed by atoms with E-state index < -0.39 is 0 Å². The van der Waals surface area contributed by atoms with Crippen molar-refractivity contribution in [3.63, 3.8) is 0 Å². The van der Waals surface area contributed by atoms with Crippen molar-refractivity contribution in [1.82, 2.24) is 0 Å². The van der Waals surface area contributed by atoms with Crippen molar-refractivity contribution in [2.45, 2.75) is 26.7 Å². The third kappa shape index (κ3) is 6.38. The summed E-state index contributed by atoms with van der Waals surface area (Å²) in [6, 6.07) is 53.7. The highest BCUT2D eigenvalue weighted by Crippen LogP contribution is 2.44. The molecule has 9 rings (SSSR count). The minimum absolute atomic E-state index is 0.323. The number of hydrogen-bond acceptors (Lipinski definition) is 2. The Kier molecular flexibility index (Phi) is 8.83. The lowest BCUT2D eigenvalue weighted by molar-refractivity contribution is 0.511. The van der Waals surface area contributed by atoms with Crippen molar-refractivity contribution >= 4 is 54.8 Å². The van der Waals surface area contributed by atoms with Crippen LogP contribution in [0, 0.1) is 5.41 Å². The highest BCUT2D eigenvalue weighted by Gasteiger charge is 2.29. The van der Waals surface area contributed by atoms with E-state index in [2.05, 4.69) is 196 Å². The van der Waals surface area contributed by atoms with Gasteiger partial charge in [-0.1, -0.05) is 171 Å². The van der Waals surface area contributed by atoms with E-state index in [-0.39, 0.29) is 5.41 Å². The Morgan fingerprint density at radius 3 is 2.25 bits per heavy atom. The highest BCUT2D eigenvalue weighted by atomic mass is 16.3. The van der Waals surface area contributed by atoms with E-state index in [1.807, 2.05) is 6.07 Å². The molecule has 1 unspecified atom stereocenters. The van der Waals surface area contributed by atoms with Crippen LogP contribution in [-0.2, 0) is 6.42 Å². The fourth-order valence-corrected chi connectivity index (χ4v) is 8.00. The molecule has 0 aliphatic heterocycles. The van der Waals surface area contributed by atoms with Crippen LogP contribution in [0.15, 0.2) is 209 Å². The van der Waals surface area contributed by atoms with Crippen LogP contribution in [0.1, 0.15) is 37.0 Å². The van der Waals surface area contributed by atoms with Crippen LogP contribution in [0.3, 0.4) is 0 Å². The summed E-state index contributed by atoms with van der Waals surface area (Å²) in [6.07, 6.45) is 10.8. The molecule has 1 aliphatic rings. The van der Waals surface area contributed by atoms with E-state index >= 15 is 0 Å². The predicted octanol–water partition coefficient (Wildman–Crippen LogP) is 14.3. The number of fused-ring (bicyclic) bond motifs is 6. The molecule has 0 spiro atoms. The number of nitrogens with zero attached hydrogens (tertiary/aromatic N) is 1. The lowest BCUT2D eigenvalue weighted by Crippen LogP contribution is -2.19. The van der Waals surface area contributed by atoms with Crippen molar-refractivity contribution in [3.8, 4) is 11.1 Å². The van der Waals surface area contributed by atoms with Crippen LogP contribution in [0.4, 0.5) is 0 Å². The van der Waals surface area contributed by atoms with Crippen molar-refractivity contribution in [1.29, 1.82) is 0 Å². The second kappa shape index (κ2) is 14.3. The van der Waals surface area contributed by atoms with Crippen molar-refractivity contribution < 1.29 is 4.42 Å². The maximum Gasteiger partial charge on any atom is 0.143 e. The molecule has 55 heavy (non-hydrogen) atoms. The molecule has 2 nitrogen and oxygen atoms in total. The maximum absolute atomic E-state index is 6.79. The summed E-state index contributed by atoms with van der Waals surface area (Å²) >= 11 is 0. The maximum atomic E-state index is 6.79. The summed E-state index contributed by atoms with van der Waals surface area (Å²) in [5, 5.41) is 6.82. The molecule has 0 saturated carbocycles. The van der Waals surface area contributed by atoms with Gasteiger partial charge in [-0.3, -0.25) is 4.99 Å². The summed E-state index contributed by atoms with van der Waals surface area (Å²) in [5.41, 5.74) is 14.4. The van der Waals surface area contributed by atoms with Gasteiger partial charge in [-0.15, -0.1) is 5.73 Å². The van der Waals surface area contributed by atoms with Gasteiger partial charge in [0.15, 0.2) is 0 Å². The predicted molar refractivity (Wildman–Crippen MR) is 234 cm³/mol. The minimum atomic E-state index is -0.323. The largest absolute Gasteiger partial charge is 0.455 e. The monoisotopic (exact) mass is 707 g/mol. The first kappa shape index (κ1) is 34.1. The van der Waals surface area contributed by atoms with Crippen LogP contribution < -0.4 is 0 Å². The average Bonchev–Trinajstić information content (AvgIpc) is 3.64. The number of benzene rings is 7. The Hall–Kier alpha value is -6.73. The molecule has 7 aromatic carbocycles. The van der Waals surface area contributed by atoms with Crippen LogP contribution in [-0.4, -0.2) is 5.71 Å². The van der Waals surface area contributed by atoms with Gasteiger partial charge in [0.1, 0.15) is 11.2 Å². The second-order valence-corrected chi connectivity index (χ2v) is 14.7. The van der Waals surface area contributed by atoms with Gasteiger partial charge < -0.3 is 4.42 Å². The van der Waals surface area contributed by atoms with Crippen LogP contribution in [0.25, 0.3) is 60.2 Å². The molecular weight excluding hydrogens is 667 g/mol. The van der Waals surface area contributed by atoms with Gasteiger partial charge in [-0.05, 0) is 82.0 Å². The quantitative estimate of drug-likeness (QED) is 0.114. The first-order valence-electron chi connectivity index (χ1n) is 19.0. The Bertz CT molecular complexity index is 2930. The molecule has 2 heteroatoms. The highest BCUT2D eigenvalue weighted by molar-refractivity contribution is 6.24. The fraction of sp³-hybridized carbons (Fsp3) is 0.0943. The normalized spacial score (nSPS) is 16.1. The van der Waals surface area contributed by atoms with Crippen molar-refractivity contribution in [3.05, 3.63) is 216 Å². The summed E-state index contributed by atoms with van der Waals surface area (Å²) in [6.45, 7) is 8.43. The van der Waals surface area contributed by atoms with E-state index in [0.29, 0.717) is 0 Å². The molecule has 0 bridgehead atoms. The van der Waals surface area contributed by atoms with Crippen molar-refractivity contribution in [2.75, 3.05) is 0 Å². The summed E-state index contributed by atoms with van der Waals surface area (Å²) in [4.78, 5) is 5.58. The average molecular weight is 708 g/mol. The molecule has 1 aromatic heterocycles. The molecule has 1 atom stereocenters. The Morgan fingerprint density at radius 2 is 1.47 bits per heavy atom. The summed E-state index contributed by atoms with van der Waals surface area (Å²) in [7, 11) is 0. The molecule has 264 valence electrons. The van der Waals surface area contributed by atoms with Gasteiger partial charge in [0.05, 0.1) is 5.71 Å². The van der Waals surface area contributed by atoms with Crippen molar-refractivity contribution in [2.24, 2.45) is 10.4 Å². The van der Waals surface area contributed by atoms with E-state index in [9.17, 15) is 0 Å². The molecule has 0 saturated heterocycles. The number of allylic oxidation sites excluding steroid dienone is 6. The van der Waals surface area contributed by atoms with E-state index in [0.717, 1.165) is 68.1 Å². The SMILES string of the molecule is C=C=C(C)/C(=N\C(=C/Cc1ccccc1)C1(C)C=CC(c2ccccc2)=CC1)c1ccc2cc(-c3cccc4ccccc34)c3c4ccccc4oc3c2c1. The number of rotatable bonds is 8. The van der Waals surface area contributed by atoms with Gasteiger partial charge in [-0.2, -0.15) is 0 Å². The zero-order valence-electron chi connectivity index (χ0n) is 31.2. The Balaban J connectivity index is 1.22. The lowest BCUT2D eigenvalue weighted by atomic mass is 9.77. The van der Waals surface area contributed by atoms with Gasteiger partial charge in [0.25, 0.3) is 0 Å². The fourth-order valence-electron chi connectivity index (χ4n) is 8.00. The number of furan rings is 1. The molecule has 0 amide bonds. The molecule has 1 aliphatic carbocycles. The van der Waals surface area contributed by atoms with Crippen LogP contribution in [0.2, 0.25) is 0 Å². The smallest absolute Gasteiger partial charge is 0.143 e. The topological polar surface area (TPSA) is 25.5 Å². The minimum Gasteiger partial charge on any atom is -0.455 e. The molecular formula is C53H41NO. The molecule has 8 aromatic rings. The Morgan fingerprint density at radius 1 is 0.745 bits per heavy atom. The molecule has 0 radical (unpaired) electrons. The van der Waals surface area contributed by atoms with Gasteiger partial charge in [0.2, 0.25) is 0 Å². The number of hydrogen-bond donors (Lipinski definition) is 0.